The number of nitrogen functional groups attached to an aromatic ring is 1. The molecule has 4 nitrogen and oxygen atoms in total. The van der Waals surface area contributed by atoms with Crippen molar-refractivity contribution < 1.29 is 5.11 Å². The maximum absolute atomic E-state index is 11.6. The Morgan fingerprint density at radius 2 is 1.71 bits per heavy atom. The topological polar surface area (TPSA) is 68.2 Å². The Balaban J connectivity index is 2.25. The Labute approximate surface area is 98.9 Å². The van der Waals surface area contributed by atoms with Crippen LogP contribution in [0.1, 0.15) is 11.1 Å². The van der Waals surface area contributed by atoms with E-state index in [0.717, 1.165) is 11.1 Å². The summed E-state index contributed by atoms with van der Waals surface area (Å²) >= 11 is 0. The molecule has 0 amide bonds. The minimum Gasteiger partial charge on any atom is -0.398 e. The average molecular weight is 230 g/mol. The summed E-state index contributed by atoms with van der Waals surface area (Å²) in [4.78, 5) is 11.6. The lowest BCUT2D eigenvalue weighted by Gasteiger charge is -2.07. The summed E-state index contributed by atoms with van der Waals surface area (Å²) in [6, 6.07) is 10.5. The van der Waals surface area contributed by atoms with Crippen LogP contribution in [0, 0.1) is 0 Å². The van der Waals surface area contributed by atoms with Crippen molar-refractivity contribution in [2.24, 2.45) is 0 Å². The quantitative estimate of drug-likeness (QED) is 0.825. The summed E-state index contributed by atoms with van der Waals surface area (Å²) in [5.41, 5.74) is 7.97. The van der Waals surface area contributed by atoms with Gasteiger partial charge in [-0.25, -0.2) is 0 Å². The number of pyridine rings is 1. The highest BCUT2D eigenvalue weighted by Gasteiger charge is 1.99. The molecule has 3 N–H and O–H groups in total. The van der Waals surface area contributed by atoms with Crippen LogP contribution in [-0.2, 0) is 13.2 Å². The molecule has 2 aromatic rings. The fraction of sp³-hybridized carbons (Fsp3) is 0.154. The molecule has 0 aliphatic rings. The average Bonchev–Trinajstić information content (AvgIpc) is 2.35. The van der Waals surface area contributed by atoms with Crippen molar-refractivity contribution in [3.63, 3.8) is 0 Å². The van der Waals surface area contributed by atoms with Gasteiger partial charge in [-0.15, -0.1) is 0 Å². The third-order valence-electron chi connectivity index (χ3n) is 2.56. The molecule has 1 heterocycles. The second kappa shape index (κ2) is 4.84. The molecule has 0 atom stereocenters. The van der Waals surface area contributed by atoms with Crippen LogP contribution in [0.3, 0.4) is 0 Å². The molecule has 4 heteroatoms. The van der Waals surface area contributed by atoms with E-state index < -0.39 is 0 Å². The summed E-state index contributed by atoms with van der Waals surface area (Å²) in [6.45, 7) is 0.508. The number of rotatable bonds is 3. The lowest BCUT2D eigenvalue weighted by Crippen LogP contribution is -2.19. The number of anilines is 1. The van der Waals surface area contributed by atoms with Gasteiger partial charge in [0.05, 0.1) is 13.2 Å². The molecule has 0 aliphatic carbocycles. The van der Waals surface area contributed by atoms with Gasteiger partial charge in [0.1, 0.15) is 0 Å². The predicted octanol–water partition coefficient (Wildman–Crippen LogP) is 0.971. The van der Waals surface area contributed by atoms with E-state index in [0.29, 0.717) is 12.2 Å². The van der Waals surface area contributed by atoms with Crippen molar-refractivity contribution >= 4 is 5.69 Å². The van der Waals surface area contributed by atoms with Crippen LogP contribution in [0.15, 0.2) is 47.4 Å². The van der Waals surface area contributed by atoms with E-state index in [4.69, 9.17) is 10.8 Å². The normalized spacial score (nSPS) is 10.4. The standard InChI is InChI=1S/C13H14N2O2/c14-12-5-6-13(17)15(8-12)7-10-1-3-11(9-16)4-2-10/h1-6,8,16H,7,9,14H2. The van der Waals surface area contributed by atoms with E-state index >= 15 is 0 Å². The molecule has 17 heavy (non-hydrogen) atoms. The summed E-state index contributed by atoms with van der Waals surface area (Å²) in [6.07, 6.45) is 1.63. The van der Waals surface area contributed by atoms with Crippen LogP contribution in [0.5, 0.6) is 0 Å². The van der Waals surface area contributed by atoms with Gasteiger partial charge >= 0.3 is 0 Å². The molecule has 88 valence electrons. The number of nitrogens with two attached hydrogens (primary N) is 1. The molecule has 0 saturated carbocycles. The molecule has 0 fully saturated rings. The van der Waals surface area contributed by atoms with E-state index in [9.17, 15) is 4.79 Å². The first kappa shape index (κ1) is 11.4. The van der Waals surface area contributed by atoms with Gasteiger partial charge in [-0.3, -0.25) is 4.79 Å². The van der Waals surface area contributed by atoms with Crippen molar-refractivity contribution in [2.75, 3.05) is 5.73 Å². The maximum Gasteiger partial charge on any atom is 0.250 e. The molecule has 2 rings (SSSR count). The minimum atomic E-state index is -0.0783. The van der Waals surface area contributed by atoms with Crippen molar-refractivity contribution in [2.45, 2.75) is 13.2 Å². The predicted molar refractivity (Wildman–Crippen MR) is 66.6 cm³/mol. The van der Waals surface area contributed by atoms with Gasteiger partial charge in [0.15, 0.2) is 0 Å². The zero-order valence-corrected chi connectivity index (χ0v) is 9.34. The van der Waals surface area contributed by atoms with E-state index in [1.54, 1.807) is 16.8 Å². The summed E-state index contributed by atoms with van der Waals surface area (Å²) in [7, 11) is 0. The first-order chi connectivity index (χ1) is 8.19. The number of aliphatic hydroxyl groups is 1. The fourth-order valence-corrected chi connectivity index (χ4v) is 1.62. The molecular weight excluding hydrogens is 216 g/mol. The van der Waals surface area contributed by atoms with Gasteiger partial charge in [-0.2, -0.15) is 0 Å². The lowest BCUT2D eigenvalue weighted by molar-refractivity contribution is 0.282. The smallest absolute Gasteiger partial charge is 0.250 e. The van der Waals surface area contributed by atoms with Crippen molar-refractivity contribution in [1.29, 1.82) is 0 Å². The van der Waals surface area contributed by atoms with Crippen LogP contribution in [0.2, 0.25) is 0 Å². The van der Waals surface area contributed by atoms with Crippen LogP contribution in [0.4, 0.5) is 5.69 Å². The number of benzene rings is 1. The largest absolute Gasteiger partial charge is 0.398 e. The van der Waals surface area contributed by atoms with Gasteiger partial charge in [-0.05, 0) is 17.2 Å². The molecule has 0 bridgehead atoms. The molecule has 0 saturated heterocycles. The van der Waals surface area contributed by atoms with Gasteiger partial charge < -0.3 is 15.4 Å². The Hall–Kier alpha value is -2.07. The first-order valence-corrected chi connectivity index (χ1v) is 5.33. The lowest BCUT2D eigenvalue weighted by atomic mass is 10.1. The van der Waals surface area contributed by atoms with Crippen molar-refractivity contribution in [1.82, 2.24) is 4.57 Å². The monoisotopic (exact) mass is 230 g/mol. The number of aliphatic hydroxyl groups excluding tert-OH is 1. The van der Waals surface area contributed by atoms with E-state index in [1.165, 1.54) is 6.07 Å². The summed E-state index contributed by atoms with van der Waals surface area (Å²) in [5, 5.41) is 8.93. The molecule has 0 radical (unpaired) electrons. The highest BCUT2D eigenvalue weighted by molar-refractivity contribution is 5.34. The Kier molecular flexibility index (Phi) is 3.25. The maximum atomic E-state index is 11.6. The number of nitrogens with zero attached hydrogens (tertiary/aromatic N) is 1. The zero-order chi connectivity index (χ0) is 12.3. The van der Waals surface area contributed by atoms with Gasteiger partial charge in [-0.1, -0.05) is 24.3 Å². The van der Waals surface area contributed by atoms with Gasteiger partial charge in [0, 0.05) is 18.0 Å². The van der Waals surface area contributed by atoms with E-state index in [1.807, 2.05) is 24.3 Å². The third kappa shape index (κ3) is 2.73. The van der Waals surface area contributed by atoms with Crippen LogP contribution < -0.4 is 11.3 Å². The van der Waals surface area contributed by atoms with Crippen LogP contribution >= 0.6 is 0 Å². The van der Waals surface area contributed by atoms with Gasteiger partial charge in [0.25, 0.3) is 5.56 Å². The molecule has 1 aromatic heterocycles. The number of hydrogen-bond acceptors (Lipinski definition) is 3. The fourth-order valence-electron chi connectivity index (χ4n) is 1.62. The van der Waals surface area contributed by atoms with Gasteiger partial charge in [0.2, 0.25) is 0 Å². The van der Waals surface area contributed by atoms with E-state index in [-0.39, 0.29) is 12.2 Å². The highest BCUT2D eigenvalue weighted by atomic mass is 16.3. The van der Waals surface area contributed by atoms with Crippen LogP contribution in [0.25, 0.3) is 0 Å². The highest BCUT2D eigenvalue weighted by Crippen LogP contribution is 2.06. The summed E-state index contributed by atoms with van der Waals surface area (Å²) < 4.78 is 1.56. The molecular formula is C13H14N2O2. The first-order valence-electron chi connectivity index (χ1n) is 5.33. The molecule has 0 spiro atoms. The number of aromatic nitrogens is 1. The molecule has 0 aliphatic heterocycles. The molecule has 0 unspecified atom stereocenters. The second-order valence-electron chi connectivity index (χ2n) is 3.90. The molecule has 1 aromatic carbocycles. The summed E-state index contributed by atoms with van der Waals surface area (Å²) in [5.74, 6) is 0. The van der Waals surface area contributed by atoms with E-state index in [2.05, 4.69) is 0 Å². The SMILES string of the molecule is Nc1ccc(=O)n(Cc2ccc(CO)cc2)c1. The van der Waals surface area contributed by atoms with Crippen molar-refractivity contribution in [3.8, 4) is 0 Å². The second-order valence-corrected chi connectivity index (χ2v) is 3.90. The Morgan fingerprint density at radius 3 is 2.35 bits per heavy atom. The van der Waals surface area contributed by atoms with Crippen molar-refractivity contribution in [3.05, 3.63) is 64.1 Å². The van der Waals surface area contributed by atoms with Crippen LogP contribution in [-0.4, -0.2) is 9.67 Å². The Bertz CT molecular complexity index is 558. The minimum absolute atomic E-state index is 0.0263. The number of hydrogen-bond donors (Lipinski definition) is 2. The Morgan fingerprint density at radius 1 is 1.06 bits per heavy atom. The third-order valence-corrected chi connectivity index (χ3v) is 2.56. The zero-order valence-electron chi connectivity index (χ0n) is 9.34.